The molecule has 48 valence electrons. The Bertz CT molecular complexity index is 73.7. The maximum Gasteiger partial charge on any atom is 1.00 e. The summed E-state index contributed by atoms with van der Waals surface area (Å²) < 4.78 is 17.0. The van der Waals surface area contributed by atoms with E-state index in [4.69, 9.17) is 28.1 Å². The van der Waals surface area contributed by atoms with E-state index in [-0.39, 0.29) is 70.2 Å². The Hall–Kier alpha value is 1.47. The predicted octanol–water partition coefficient (Wildman–Crippen LogP) is -11.7. The van der Waals surface area contributed by atoms with Crippen LogP contribution in [0, 0.1) is 0 Å². The van der Waals surface area contributed by atoms with Crippen molar-refractivity contribution < 1.29 is 98.4 Å². The molecule has 10 heavy (non-hydrogen) atoms. The third-order valence-electron chi connectivity index (χ3n) is 0. The second-order valence-electron chi connectivity index (χ2n) is 0.500. The van der Waals surface area contributed by atoms with Crippen LogP contribution in [-0.4, -0.2) is 18.3 Å². The first kappa shape index (κ1) is 22.5. The summed E-state index contributed by atoms with van der Waals surface area (Å²) in [5, 5.41) is 0. The van der Waals surface area contributed by atoms with Gasteiger partial charge in [-0.1, -0.05) is 0 Å². The van der Waals surface area contributed by atoms with Crippen LogP contribution in [0.1, 0.15) is 0 Å². The molecule has 0 radical (unpaired) electrons. The smallest absolute Gasteiger partial charge is 0.672 e. The van der Waals surface area contributed by atoms with Gasteiger partial charge in [-0.25, -0.2) is 0 Å². The SMILES string of the molecule is O=[Si]([O-])[O-].O=[Si]([O-])[O-].[K+].[Li+]. The van der Waals surface area contributed by atoms with E-state index in [1.54, 1.807) is 0 Å². The van der Waals surface area contributed by atoms with Crippen LogP contribution >= 0.6 is 0 Å². The Labute approximate surface area is 115 Å². The molecule has 0 bridgehead atoms. The summed E-state index contributed by atoms with van der Waals surface area (Å²) in [6.45, 7) is 0. The van der Waals surface area contributed by atoms with E-state index in [2.05, 4.69) is 0 Å². The molecule has 0 aromatic rings. The van der Waals surface area contributed by atoms with Gasteiger partial charge in [0.25, 0.3) is 0 Å². The molecule has 0 saturated carbocycles. The monoisotopic (exact) mass is 198 g/mol. The van der Waals surface area contributed by atoms with Crippen molar-refractivity contribution in [1.29, 1.82) is 0 Å². The third kappa shape index (κ3) is 315. The van der Waals surface area contributed by atoms with Gasteiger partial charge in [0.15, 0.2) is 0 Å². The van der Waals surface area contributed by atoms with Crippen molar-refractivity contribution in [1.82, 2.24) is 0 Å². The van der Waals surface area contributed by atoms with E-state index in [0.717, 1.165) is 0 Å². The molecule has 0 fully saturated rings. The van der Waals surface area contributed by atoms with Gasteiger partial charge in [0.1, 0.15) is 0 Å². The molecule has 0 amide bonds. The minimum absolute atomic E-state index is 0. The summed E-state index contributed by atoms with van der Waals surface area (Å²) in [5.41, 5.74) is 0. The Kier molecular flexibility index (Phi) is 37.9. The number of hydrogen-bond acceptors (Lipinski definition) is 6. The first-order valence-electron chi connectivity index (χ1n) is 1.22. The fourth-order valence-corrected chi connectivity index (χ4v) is 0. The van der Waals surface area contributed by atoms with Gasteiger partial charge in [0.05, 0.1) is 0 Å². The van der Waals surface area contributed by atoms with Crippen molar-refractivity contribution >= 4 is 18.3 Å². The van der Waals surface area contributed by atoms with Gasteiger partial charge in [0.2, 0.25) is 0 Å². The van der Waals surface area contributed by atoms with Crippen LogP contribution in [0.4, 0.5) is 0 Å². The molecule has 0 spiro atoms. The molecule has 0 aliphatic carbocycles. The van der Waals surface area contributed by atoms with Gasteiger partial charge in [-0.05, 0) is 0 Å². The summed E-state index contributed by atoms with van der Waals surface area (Å²) >= 11 is 0. The van der Waals surface area contributed by atoms with Crippen molar-refractivity contribution in [2.75, 3.05) is 0 Å². The van der Waals surface area contributed by atoms with E-state index in [9.17, 15) is 0 Å². The third-order valence-corrected chi connectivity index (χ3v) is 0. The van der Waals surface area contributed by atoms with E-state index in [0.29, 0.717) is 0 Å². The summed E-state index contributed by atoms with van der Waals surface area (Å²) in [6.07, 6.45) is 0. The Morgan fingerprint density at radius 2 is 0.800 bits per heavy atom. The zero-order valence-corrected chi connectivity index (χ0v) is 10.6. The summed E-state index contributed by atoms with van der Waals surface area (Å²) in [7, 11) is -7.26. The van der Waals surface area contributed by atoms with Crippen LogP contribution in [0.15, 0.2) is 0 Å². The Morgan fingerprint density at radius 3 is 0.800 bits per heavy atom. The first-order valence-corrected chi connectivity index (χ1v) is 3.67. The van der Waals surface area contributed by atoms with Crippen molar-refractivity contribution in [3.63, 3.8) is 0 Å². The molecular formula is KLiO6Si2-2. The van der Waals surface area contributed by atoms with Crippen LogP contribution in [0.3, 0.4) is 0 Å². The fourth-order valence-electron chi connectivity index (χ4n) is 0. The molecule has 0 aromatic carbocycles. The minimum atomic E-state index is -3.63. The number of rotatable bonds is 0. The zero-order chi connectivity index (χ0) is 7.15. The van der Waals surface area contributed by atoms with Crippen LogP contribution in [0.2, 0.25) is 0 Å². The molecule has 0 saturated heterocycles. The molecule has 10 heteroatoms. The average molecular weight is 198 g/mol. The van der Waals surface area contributed by atoms with Crippen molar-refractivity contribution in [3.05, 3.63) is 0 Å². The largest absolute Gasteiger partial charge is 1.00 e. The van der Waals surface area contributed by atoms with E-state index >= 15 is 0 Å². The molecule has 0 unspecified atom stereocenters. The zero-order valence-electron chi connectivity index (χ0n) is 5.45. The topological polar surface area (TPSA) is 126 Å². The van der Waals surface area contributed by atoms with Gasteiger partial charge in [0, 0.05) is 18.3 Å². The Balaban J connectivity index is -0.0000000300. The summed E-state index contributed by atoms with van der Waals surface area (Å²) in [4.78, 5) is 34.1. The maximum atomic E-state index is 8.52. The molecule has 6 nitrogen and oxygen atoms in total. The maximum absolute atomic E-state index is 8.52. The van der Waals surface area contributed by atoms with Crippen LogP contribution in [0.25, 0.3) is 0 Å². The second-order valence-corrected chi connectivity index (χ2v) is 1.50. The van der Waals surface area contributed by atoms with E-state index in [1.807, 2.05) is 0 Å². The predicted molar refractivity (Wildman–Crippen MR) is 12.9 cm³/mol. The number of hydrogen-bond donors (Lipinski definition) is 0. The van der Waals surface area contributed by atoms with Crippen LogP contribution in [-0.2, 0) is 8.92 Å². The van der Waals surface area contributed by atoms with Crippen molar-refractivity contribution in [2.45, 2.75) is 0 Å². The van der Waals surface area contributed by atoms with E-state index in [1.165, 1.54) is 0 Å². The normalized spacial score (nSPS) is 4.80. The molecule has 0 aliphatic heterocycles. The molecule has 0 aromatic heterocycles. The van der Waals surface area contributed by atoms with Gasteiger partial charge in [-0.3, -0.25) is 0 Å². The van der Waals surface area contributed by atoms with Crippen molar-refractivity contribution in [2.24, 2.45) is 0 Å². The van der Waals surface area contributed by atoms with Crippen LogP contribution in [0.5, 0.6) is 0 Å². The second kappa shape index (κ2) is 16.8. The molecule has 0 rings (SSSR count). The average Bonchev–Trinajstić information content (AvgIpc) is 1.25. The molecule has 0 heterocycles. The quantitative estimate of drug-likeness (QED) is 0.356. The molecular weight excluding hydrogens is 198 g/mol. The van der Waals surface area contributed by atoms with Gasteiger partial charge < -0.3 is 28.1 Å². The van der Waals surface area contributed by atoms with Gasteiger partial charge >= 0.3 is 70.2 Å². The summed E-state index contributed by atoms with van der Waals surface area (Å²) in [5.74, 6) is 0. The molecule has 0 N–H and O–H groups in total. The fraction of sp³-hybridized carbons (Fsp3) is 0. The van der Waals surface area contributed by atoms with Crippen LogP contribution < -0.4 is 89.4 Å². The van der Waals surface area contributed by atoms with E-state index < -0.39 is 18.3 Å². The van der Waals surface area contributed by atoms with Gasteiger partial charge in [-0.15, -0.1) is 0 Å². The minimum Gasteiger partial charge on any atom is -0.672 e. The first-order chi connectivity index (χ1) is 3.46. The van der Waals surface area contributed by atoms with Crippen molar-refractivity contribution in [3.8, 4) is 0 Å². The van der Waals surface area contributed by atoms with Gasteiger partial charge in [-0.2, -0.15) is 0 Å². The molecule has 0 atom stereocenters. The Morgan fingerprint density at radius 1 is 0.800 bits per heavy atom. The standard InChI is InChI=1S/K.Li.2O3Si/c;;2*1-4(2)3/q2*+1;2*-2. The summed E-state index contributed by atoms with van der Waals surface area (Å²) in [6, 6.07) is 0. The molecule has 0 aliphatic rings.